The molecule has 2 aliphatic rings. The highest BCUT2D eigenvalue weighted by Gasteiger charge is 2.64. The number of amides is 3. The molecule has 2 aliphatic heterocycles. The highest BCUT2D eigenvalue weighted by Crippen LogP contribution is 2.54. The summed E-state index contributed by atoms with van der Waals surface area (Å²) in [4.78, 5) is 40.5. The Morgan fingerprint density at radius 3 is 2.26 bits per heavy atom. The molecule has 0 aromatic heterocycles. The SMILES string of the molecule is CC(C)(C)OC(=O)N1CCC(c2ccc3c(c2)C(C)(C(F)(F)F)C(=O)N3c2cccc(Cl)c2C(N)=O)CC1. The van der Waals surface area contributed by atoms with E-state index in [0.717, 1.165) is 11.8 Å². The van der Waals surface area contributed by atoms with Crippen LogP contribution < -0.4 is 10.6 Å². The summed E-state index contributed by atoms with van der Waals surface area (Å²) >= 11 is 6.14. The molecule has 1 saturated heterocycles. The first kappa shape index (κ1) is 27.8. The highest BCUT2D eigenvalue weighted by molar-refractivity contribution is 6.35. The lowest BCUT2D eigenvalue weighted by Gasteiger charge is -2.34. The van der Waals surface area contributed by atoms with E-state index in [-0.39, 0.29) is 33.4 Å². The largest absolute Gasteiger partial charge is 0.444 e. The van der Waals surface area contributed by atoms with Crippen molar-refractivity contribution in [1.82, 2.24) is 4.90 Å². The Kier molecular flexibility index (Phi) is 6.93. The predicted octanol–water partition coefficient (Wildman–Crippen LogP) is 6.05. The molecule has 2 N–H and O–H groups in total. The van der Waals surface area contributed by atoms with Gasteiger partial charge in [-0.1, -0.05) is 29.8 Å². The molecule has 1 fully saturated rings. The Hall–Kier alpha value is -3.27. The number of benzene rings is 2. The van der Waals surface area contributed by atoms with Gasteiger partial charge in [-0.05, 0) is 70.2 Å². The molecule has 0 bridgehead atoms. The van der Waals surface area contributed by atoms with Gasteiger partial charge in [-0.15, -0.1) is 0 Å². The van der Waals surface area contributed by atoms with Crippen LogP contribution in [0.1, 0.15) is 67.9 Å². The van der Waals surface area contributed by atoms with Crippen LogP contribution in [0.15, 0.2) is 36.4 Å². The number of piperidine rings is 1. The molecule has 2 aromatic carbocycles. The maximum absolute atomic E-state index is 14.5. The molecule has 204 valence electrons. The highest BCUT2D eigenvalue weighted by atomic mass is 35.5. The zero-order chi connectivity index (χ0) is 28.2. The number of hydrogen-bond acceptors (Lipinski definition) is 4. The smallest absolute Gasteiger partial charge is 0.410 e. The van der Waals surface area contributed by atoms with E-state index < -0.39 is 35.1 Å². The van der Waals surface area contributed by atoms with Crippen molar-refractivity contribution < 1.29 is 32.3 Å². The second-order valence-corrected chi connectivity index (χ2v) is 11.2. The second kappa shape index (κ2) is 9.48. The first-order valence-electron chi connectivity index (χ1n) is 12.2. The number of carbonyl (C=O) groups excluding carboxylic acids is 3. The topological polar surface area (TPSA) is 92.9 Å². The number of alkyl halides is 3. The minimum Gasteiger partial charge on any atom is -0.444 e. The molecule has 0 aliphatic carbocycles. The average Bonchev–Trinajstić information content (AvgIpc) is 3.04. The maximum atomic E-state index is 14.5. The van der Waals surface area contributed by atoms with Crippen LogP contribution in [0.4, 0.5) is 29.3 Å². The number of halogens is 4. The Morgan fingerprint density at radius 1 is 1.08 bits per heavy atom. The number of primary amides is 1. The fraction of sp³-hybridized carbons (Fsp3) is 0.444. The lowest BCUT2D eigenvalue weighted by atomic mass is 9.80. The average molecular weight is 552 g/mol. The van der Waals surface area contributed by atoms with Gasteiger partial charge in [0.05, 0.1) is 22.0 Å². The third-order valence-electron chi connectivity index (χ3n) is 7.09. The van der Waals surface area contributed by atoms with Gasteiger partial charge in [-0.3, -0.25) is 14.5 Å². The summed E-state index contributed by atoms with van der Waals surface area (Å²) in [6.07, 6.45) is -4.29. The van der Waals surface area contributed by atoms with Gasteiger partial charge in [0.15, 0.2) is 5.41 Å². The minimum atomic E-state index is -4.92. The number of nitrogens with two attached hydrogens (primary N) is 1. The van der Waals surface area contributed by atoms with Crippen molar-refractivity contribution in [2.45, 2.75) is 63.6 Å². The van der Waals surface area contributed by atoms with Gasteiger partial charge in [0.25, 0.3) is 11.8 Å². The summed E-state index contributed by atoms with van der Waals surface area (Å²) in [6, 6.07) is 8.73. The van der Waals surface area contributed by atoms with Gasteiger partial charge in [0.1, 0.15) is 5.60 Å². The molecule has 2 aromatic rings. The molecule has 0 spiro atoms. The summed E-state index contributed by atoms with van der Waals surface area (Å²) in [5.74, 6) is -2.33. The molecule has 11 heteroatoms. The molecule has 7 nitrogen and oxygen atoms in total. The molecule has 4 rings (SSSR count). The van der Waals surface area contributed by atoms with Gasteiger partial charge in [0.2, 0.25) is 0 Å². The molecule has 1 atom stereocenters. The number of carbonyl (C=O) groups is 3. The van der Waals surface area contributed by atoms with Crippen LogP contribution in [0.25, 0.3) is 0 Å². The second-order valence-electron chi connectivity index (χ2n) is 10.8. The van der Waals surface area contributed by atoms with Crippen LogP contribution in [0, 0.1) is 0 Å². The minimum absolute atomic E-state index is 0.00883. The summed E-state index contributed by atoms with van der Waals surface area (Å²) in [5.41, 5.74) is 2.07. The van der Waals surface area contributed by atoms with Crippen molar-refractivity contribution in [3.63, 3.8) is 0 Å². The van der Waals surface area contributed by atoms with E-state index in [4.69, 9.17) is 22.1 Å². The predicted molar refractivity (Wildman–Crippen MR) is 137 cm³/mol. The monoisotopic (exact) mass is 551 g/mol. The van der Waals surface area contributed by atoms with Crippen molar-refractivity contribution in [2.75, 3.05) is 18.0 Å². The van der Waals surface area contributed by atoms with E-state index in [1.807, 2.05) is 0 Å². The molecule has 0 radical (unpaired) electrons. The van der Waals surface area contributed by atoms with Crippen LogP contribution in [0.2, 0.25) is 5.02 Å². The third-order valence-corrected chi connectivity index (χ3v) is 7.41. The Morgan fingerprint density at radius 2 is 1.71 bits per heavy atom. The van der Waals surface area contributed by atoms with E-state index >= 15 is 0 Å². The summed E-state index contributed by atoms with van der Waals surface area (Å²) < 4.78 is 49.0. The van der Waals surface area contributed by atoms with E-state index in [1.165, 1.54) is 30.3 Å². The molecule has 3 amide bonds. The normalized spacial score (nSPS) is 20.5. The number of anilines is 2. The summed E-state index contributed by atoms with van der Waals surface area (Å²) in [5, 5.41) is -0.0710. The molecule has 38 heavy (non-hydrogen) atoms. The third kappa shape index (κ3) is 4.70. The van der Waals surface area contributed by atoms with Gasteiger partial charge in [-0.2, -0.15) is 13.2 Å². The van der Waals surface area contributed by atoms with E-state index in [0.29, 0.717) is 31.5 Å². The first-order valence-corrected chi connectivity index (χ1v) is 12.6. The zero-order valence-electron chi connectivity index (χ0n) is 21.5. The van der Waals surface area contributed by atoms with Crippen LogP contribution in [0.3, 0.4) is 0 Å². The molecule has 1 unspecified atom stereocenters. The number of hydrogen-bond donors (Lipinski definition) is 1. The van der Waals surface area contributed by atoms with Crippen molar-refractivity contribution >= 4 is 40.9 Å². The Bertz CT molecular complexity index is 1300. The van der Waals surface area contributed by atoms with Gasteiger partial charge in [-0.25, -0.2) is 4.79 Å². The standard InChI is InChI=1S/C27H29ClF3N3O4/c1-25(2,3)38-24(37)33-12-10-15(11-13-33)16-8-9-19-17(14-16)26(4,27(29,30)31)23(36)34(19)20-7-5-6-18(28)21(20)22(32)35/h5-9,14-15H,10-13H2,1-4H3,(H2,32,35). The molecular weight excluding hydrogens is 523 g/mol. The molecule has 0 saturated carbocycles. The molecule has 2 heterocycles. The van der Waals surface area contributed by atoms with Crippen LogP contribution in [-0.2, 0) is 14.9 Å². The first-order chi connectivity index (χ1) is 17.6. The van der Waals surface area contributed by atoms with Crippen molar-refractivity contribution in [1.29, 1.82) is 0 Å². The van der Waals surface area contributed by atoms with Crippen molar-refractivity contribution in [3.05, 3.63) is 58.1 Å². The van der Waals surface area contributed by atoms with Gasteiger partial charge in [0, 0.05) is 18.7 Å². The van der Waals surface area contributed by atoms with E-state index in [9.17, 15) is 27.6 Å². The van der Waals surface area contributed by atoms with E-state index in [1.54, 1.807) is 31.7 Å². The number of likely N-dealkylation sites (tertiary alicyclic amines) is 1. The lowest BCUT2D eigenvalue weighted by molar-refractivity contribution is -0.187. The number of fused-ring (bicyclic) bond motifs is 1. The van der Waals surface area contributed by atoms with E-state index in [2.05, 4.69) is 0 Å². The van der Waals surface area contributed by atoms with Gasteiger partial charge >= 0.3 is 12.3 Å². The Labute approximate surface area is 223 Å². The van der Waals surface area contributed by atoms with Crippen LogP contribution >= 0.6 is 11.6 Å². The number of ether oxygens (including phenoxy) is 1. The lowest BCUT2D eigenvalue weighted by Crippen LogP contribution is -2.47. The molecular formula is C27H29ClF3N3O4. The van der Waals surface area contributed by atoms with Crippen LogP contribution in [-0.4, -0.2) is 47.7 Å². The Balaban J connectivity index is 1.72. The zero-order valence-corrected chi connectivity index (χ0v) is 22.2. The quantitative estimate of drug-likeness (QED) is 0.502. The summed E-state index contributed by atoms with van der Waals surface area (Å²) in [6.45, 7) is 6.96. The maximum Gasteiger partial charge on any atom is 0.410 e. The number of rotatable bonds is 3. The summed E-state index contributed by atoms with van der Waals surface area (Å²) in [7, 11) is 0. The van der Waals surface area contributed by atoms with Crippen molar-refractivity contribution in [3.8, 4) is 0 Å². The van der Waals surface area contributed by atoms with Crippen molar-refractivity contribution in [2.24, 2.45) is 5.73 Å². The fourth-order valence-corrected chi connectivity index (χ4v) is 5.29. The van der Waals surface area contributed by atoms with Crippen LogP contribution in [0.5, 0.6) is 0 Å². The fourth-order valence-electron chi connectivity index (χ4n) is 5.03. The number of nitrogens with zero attached hydrogens (tertiary/aromatic N) is 2. The van der Waals surface area contributed by atoms with Gasteiger partial charge < -0.3 is 15.4 Å².